The predicted octanol–water partition coefficient (Wildman–Crippen LogP) is 1.49. The first kappa shape index (κ1) is 12.9. The number of rotatable bonds is 6. The molecule has 0 aromatic rings. The lowest BCUT2D eigenvalue weighted by Crippen LogP contribution is -2.35. The van der Waals surface area contributed by atoms with E-state index in [1.165, 1.54) is 51.9 Å². The highest BCUT2D eigenvalue weighted by molar-refractivity contribution is 4.72. The van der Waals surface area contributed by atoms with E-state index in [9.17, 15) is 0 Å². The molecule has 0 bridgehead atoms. The zero-order valence-corrected chi connectivity index (χ0v) is 10.3. The van der Waals surface area contributed by atoms with Crippen molar-refractivity contribution in [2.75, 3.05) is 39.9 Å². The molecule has 0 amide bonds. The first-order valence-electron chi connectivity index (χ1n) is 6.27. The van der Waals surface area contributed by atoms with Crippen LogP contribution in [0.15, 0.2) is 0 Å². The maximum atomic E-state index is 5.05. The Labute approximate surface area is 94.2 Å². The maximum absolute atomic E-state index is 5.05. The van der Waals surface area contributed by atoms with Crippen molar-refractivity contribution in [3.05, 3.63) is 0 Å². The maximum Gasteiger partial charge on any atom is 0.0462 e. The Bertz CT molecular complexity index is 153. The summed E-state index contributed by atoms with van der Waals surface area (Å²) < 4.78 is 5.05. The van der Waals surface area contributed by atoms with Crippen molar-refractivity contribution in [2.24, 2.45) is 0 Å². The second-order valence-electron chi connectivity index (χ2n) is 4.56. The van der Waals surface area contributed by atoms with Gasteiger partial charge < -0.3 is 15.0 Å². The lowest BCUT2D eigenvalue weighted by Gasteiger charge is -2.21. The van der Waals surface area contributed by atoms with Gasteiger partial charge in [-0.05, 0) is 52.2 Å². The van der Waals surface area contributed by atoms with Crippen LogP contribution in [0.25, 0.3) is 0 Å². The number of nitrogens with one attached hydrogen (secondary N) is 1. The Morgan fingerprint density at radius 3 is 3.00 bits per heavy atom. The summed E-state index contributed by atoms with van der Waals surface area (Å²) in [5.74, 6) is 0. The first-order chi connectivity index (χ1) is 7.33. The van der Waals surface area contributed by atoms with E-state index in [1.54, 1.807) is 7.11 Å². The summed E-state index contributed by atoms with van der Waals surface area (Å²) in [6.07, 6.45) is 5.11. The second-order valence-corrected chi connectivity index (χ2v) is 4.56. The van der Waals surface area contributed by atoms with Crippen molar-refractivity contribution in [2.45, 2.75) is 38.6 Å². The Hall–Kier alpha value is -0.120. The van der Waals surface area contributed by atoms with E-state index in [-0.39, 0.29) is 0 Å². The first-order valence-corrected chi connectivity index (χ1v) is 6.27. The molecular weight excluding hydrogens is 188 g/mol. The molecule has 1 heterocycles. The Morgan fingerprint density at radius 2 is 2.20 bits per heavy atom. The number of hydrogen-bond acceptors (Lipinski definition) is 3. The van der Waals surface area contributed by atoms with E-state index >= 15 is 0 Å². The van der Waals surface area contributed by atoms with Crippen LogP contribution >= 0.6 is 0 Å². The van der Waals surface area contributed by atoms with Gasteiger partial charge in [-0.1, -0.05) is 0 Å². The van der Waals surface area contributed by atoms with Gasteiger partial charge in [-0.15, -0.1) is 0 Å². The fraction of sp³-hybridized carbons (Fsp3) is 1.00. The fourth-order valence-corrected chi connectivity index (χ4v) is 2.16. The lowest BCUT2D eigenvalue weighted by atomic mass is 10.2. The van der Waals surface area contributed by atoms with E-state index in [4.69, 9.17) is 4.74 Å². The van der Waals surface area contributed by atoms with E-state index in [0.29, 0.717) is 6.04 Å². The molecule has 3 heteroatoms. The van der Waals surface area contributed by atoms with E-state index in [0.717, 1.165) is 6.61 Å². The molecule has 0 spiro atoms. The van der Waals surface area contributed by atoms with E-state index < -0.39 is 0 Å². The Kier molecular flexibility index (Phi) is 6.98. The second kappa shape index (κ2) is 8.08. The summed E-state index contributed by atoms with van der Waals surface area (Å²) in [6.45, 7) is 8.12. The molecular formula is C12H26N2O. The van der Waals surface area contributed by atoms with Gasteiger partial charge >= 0.3 is 0 Å². The van der Waals surface area contributed by atoms with Crippen molar-refractivity contribution >= 4 is 0 Å². The number of unbranched alkanes of at least 4 members (excludes halogenated alkanes) is 2. The molecule has 1 saturated heterocycles. The molecule has 3 nitrogen and oxygen atoms in total. The van der Waals surface area contributed by atoms with Crippen LogP contribution in [0, 0.1) is 0 Å². The highest BCUT2D eigenvalue weighted by atomic mass is 16.5. The molecule has 1 rings (SSSR count). The predicted molar refractivity (Wildman–Crippen MR) is 64.2 cm³/mol. The van der Waals surface area contributed by atoms with Gasteiger partial charge in [-0.3, -0.25) is 0 Å². The average molecular weight is 214 g/mol. The number of methoxy groups -OCH3 is 1. The smallest absolute Gasteiger partial charge is 0.0462 e. The quantitative estimate of drug-likeness (QED) is 0.678. The minimum absolute atomic E-state index is 0.659. The molecule has 15 heavy (non-hydrogen) atoms. The third kappa shape index (κ3) is 6.13. The SMILES string of the molecule is COCCCCCN1CCCNC(C)C1. The van der Waals surface area contributed by atoms with Gasteiger partial charge in [0.25, 0.3) is 0 Å². The number of nitrogens with zero attached hydrogens (tertiary/aromatic N) is 1. The van der Waals surface area contributed by atoms with Crippen LogP contribution in [0.2, 0.25) is 0 Å². The van der Waals surface area contributed by atoms with Gasteiger partial charge in [0, 0.05) is 26.3 Å². The summed E-state index contributed by atoms with van der Waals surface area (Å²) in [7, 11) is 1.78. The van der Waals surface area contributed by atoms with Crippen LogP contribution in [0.1, 0.15) is 32.6 Å². The molecule has 1 unspecified atom stereocenters. The Balaban J connectivity index is 2.03. The zero-order valence-electron chi connectivity index (χ0n) is 10.3. The highest BCUT2D eigenvalue weighted by Crippen LogP contribution is 2.04. The molecule has 1 aliphatic heterocycles. The topological polar surface area (TPSA) is 24.5 Å². The zero-order chi connectivity index (χ0) is 10.9. The van der Waals surface area contributed by atoms with Crippen molar-refractivity contribution in [3.63, 3.8) is 0 Å². The molecule has 0 aromatic carbocycles. The lowest BCUT2D eigenvalue weighted by molar-refractivity contribution is 0.189. The average Bonchev–Trinajstić information content (AvgIpc) is 2.43. The van der Waals surface area contributed by atoms with Crippen LogP contribution < -0.4 is 5.32 Å². The van der Waals surface area contributed by atoms with E-state index in [1.807, 2.05) is 0 Å². The van der Waals surface area contributed by atoms with Crippen molar-refractivity contribution in [1.29, 1.82) is 0 Å². The fourth-order valence-electron chi connectivity index (χ4n) is 2.16. The van der Waals surface area contributed by atoms with Crippen LogP contribution in [-0.2, 0) is 4.74 Å². The molecule has 1 fully saturated rings. The molecule has 90 valence electrons. The van der Waals surface area contributed by atoms with Gasteiger partial charge in [-0.2, -0.15) is 0 Å². The minimum atomic E-state index is 0.659. The van der Waals surface area contributed by atoms with Gasteiger partial charge in [0.15, 0.2) is 0 Å². The number of ether oxygens (including phenoxy) is 1. The standard InChI is InChI=1S/C12H26N2O/c1-12-11-14(9-6-7-13-12)8-4-3-5-10-15-2/h12-13H,3-11H2,1-2H3. The summed E-state index contributed by atoms with van der Waals surface area (Å²) in [5, 5.41) is 3.52. The normalized spacial score (nSPS) is 24.0. The molecule has 0 radical (unpaired) electrons. The monoisotopic (exact) mass is 214 g/mol. The van der Waals surface area contributed by atoms with Crippen LogP contribution in [0.3, 0.4) is 0 Å². The molecule has 0 saturated carbocycles. The molecule has 1 atom stereocenters. The highest BCUT2D eigenvalue weighted by Gasteiger charge is 2.12. The number of hydrogen-bond donors (Lipinski definition) is 1. The molecule has 0 aromatic heterocycles. The molecule has 0 aliphatic carbocycles. The molecule has 1 N–H and O–H groups in total. The van der Waals surface area contributed by atoms with Gasteiger partial charge in [0.05, 0.1) is 0 Å². The summed E-state index contributed by atoms with van der Waals surface area (Å²) in [4.78, 5) is 2.59. The van der Waals surface area contributed by atoms with Crippen LogP contribution in [0.5, 0.6) is 0 Å². The third-order valence-corrected chi connectivity index (χ3v) is 3.00. The van der Waals surface area contributed by atoms with E-state index in [2.05, 4.69) is 17.1 Å². The van der Waals surface area contributed by atoms with Crippen molar-refractivity contribution in [3.8, 4) is 0 Å². The van der Waals surface area contributed by atoms with Crippen molar-refractivity contribution < 1.29 is 4.74 Å². The molecule has 1 aliphatic rings. The van der Waals surface area contributed by atoms with Gasteiger partial charge in [0.1, 0.15) is 0 Å². The third-order valence-electron chi connectivity index (χ3n) is 3.00. The summed E-state index contributed by atoms with van der Waals surface area (Å²) in [5.41, 5.74) is 0. The summed E-state index contributed by atoms with van der Waals surface area (Å²) >= 11 is 0. The van der Waals surface area contributed by atoms with Gasteiger partial charge in [0.2, 0.25) is 0 Å². The van der Waals surface area contributed by atoms with Crippen LogP contribution in [0.4, 0.5) is 0 Å². The minimum Gasteiger partial charge on any atom is -0.385 e. The largest absolute Gasteiger partial charge is 0.385 e. The summed E-state index contributed by atoms with van der Waals surface area (Å²) in [6, 6.07) is 0.659. The van der Waals surface area contributed by atoms with Gasteiger partial charge in [-0.25, -0.2) is 0 Å². The Morgan fingerprint density at radius 1 is 1.33 bits per heavy atom. The van der Waals surface area contributed by atoms with Crippen LogP contribution in [-0.4, -0.2) is 50.8 Å². The van der Waals surface area contributed by atoms with Crippen molar-refractivity contribution in [1.82, 2.24) is 10.2 Å².